The molecule has 5 nitrogen and oxygen atoms in total. The molecule has 1 aromatic rings. The molecule has 2 aliphatic rings. The topological polar surface area (TPSA) is 56.4 Å². The number of benzene rings is 1. The number of hydrogen-bond acceptors (Lipinski definition) is 4. The molecule has 1 aromatic carbocycles. The number of amides is 1. The van der Waals surface area contributed by atoms with Gasteiger partial charge in [0, 0.05) is 24.5 Å². The van der Waals surface area contributed by atoms with Crippen LogP contribution in [0.4, 0.5) is 0 Å². The molecule has 3 N–H and O–H groups in total. The Morgan fingerprint density at radius 1 is 1.23 bits per heavy atom. The van der Waals surface area contributed by atoms with E-state index in [4.69, 9.17) is 0 Å². The van der Waals surface area contributed by atoms with Crippen molar-refractivity contribution >= 4 is 5.91 Å². The summed E-state index contributed by atoms with van der Waals surface area (Å²) in [6.45, 7) is 11.9. The van der Waals surface area contributed by atoms with E-state index in [1.54, 1.807) is 0 Å². The molecule has 2 heterocycles. The summed E-state index contributed by atoms with van der Waals surface area (Å²) in [5.41, 5.74) is 7.49. The Morgan fingerprint density at radius 2 is 1.96 bits per heavy atom. The van der Waals surface area contributed by atoms with E-state index >= 15 is 0 Å². The largest absolute Gasteiger partial charge is 0.349 e. The molecule has 0 aliphatic carbocycles. The lowest BCUT2D eigenvalue weighted by molar-refractivity contribution is -0.125. The van der Waals surface area contributed by atoms with Gasteiger partial charge in [-0.3, -0.25) is 4.79 Å². The second-order valence-corrected chi connectivity index (χ2v) is 8.87. The van der Waals surface area contributed by atoms with Crippen LogP contribution in [-0.4, -0.2) is 42.0 Å². The summed E-state index contributed by atoms with van der Waals surface area (Å²) < 4.78 is 0. The Bertz CT molecular complexity index is 603. The van der Waals surface area contributed by atoms with Gasteiger partial charge in [0.15, 0.2) is 0 Å². The second-order valence-electron chi connectivity index (χ2n) is 8.87. The van der Waals surface area contributed by atoms with Crippen molar-refractivity contribution in [3.05, 3.63) is 35.9 Å². The number of piperidine rings is 1. The van der Waals surface area contributed by atoms with Crippen molar-refractivity contribution in [2.24, 2.45) is 11.8 Å². The lowest BCUT2D eigenvalue weighted by Crippen LogP contribution is -2.57. The molecule has 0 aromatic heterocycles. The van der Waals surface area contributed by atoms with Gasteiger partial charge in [0.1, 0.15) is 6.04 Å². The summed E-state index contributed by atoms with van der Waals surface area (Å²) in [6, 6.07) is 10.2. The molecule has 0 radical (unpaired) electrons. The number of rotatable bonds is 5. The van der Waals surface area contributed by atoms with Gasteiger partial charge in [-0.25, -0.2) is 10.9 Å². The lowest BCUT2D eigenvalue weighted by atomic mass is 9.90. The molecule has 2 saturated heterocycles. The van der Waals surface area contributed by atoms with E-state index < -0.39 is 0 Å². The first-order valence-electron chi connectivity index (χ1n) is 9.96. The molecule has 4 atom stereocenters. The molecule has 2 fully saturated rings. The molecular formula is C21H34N4O. The molecule has 3 rings (SSSR count). The molecule has 0 spiro atoms. The zero-order chi connectivity index (χ0) is 18.7. The highest BCUT2D eigenvalue weighted by atomic mass is 16.2. The van der Waals surface area contributed by atoms with Crippen LogP contribution < -0.4 is 16.2 Å². The van der Waals surface area contributed by atoms with Crippen molar-refractivity contribution in [1.82, 2.24) is 21.1 Å². The Kier molecular flexibility index (Phi) is 6.00. The Balaban J connectivity index is 1.57. The molecule has 0 bridgehead atoms. The standard InChI is InChI=1S/C21H34N4O/c1-15-9-8-12-25(13-15)14-21(3,4)22-20(26)19-16(2)18(23-24-19)17-10-6-5-7-11-17/h5-7,10-11,15-16,18-19,23-24H,8-9,12-14H2,1-4H3,(H,22,26). The summed E-state index contributed by atoms with van der Waals surface area (Å²) in [7, 11) is 0. The molecule has 144 valence electrons. The van der Waals surface area contributed by atoms with E-state index in [9.17, 15) is 4.79 Å². The van der Waals surface area contributed by atoms with Gasteiger partial charge < -0.3 is 10.2 Å². The van der Waals surface area contributed by atoms with Gasteiger partial charge in [0.25, 0.3) is 0 Å². The Morgan fingerprint density at radius 3 is 2.65 bits per heavy atom. The molecule has 26 heavy (non-hydrogen) atoms. The summed E-state index contributed by atoms with van der Waals surface area (Å²) in [5, 5.41) is 3.28. The van der Waals surface area contributed by atoms with Crippen LogP contribution in [0, 0.1) is 11.8 Å². The molecule has 1 amide bonds. The monoisotopic (exact) mass is 358 g/mol. The summed E-state index contributed by atoms with van der Waals surface area (Å²) in [4.78, 5) is 15.4. The predicted molar refractivity (Wildman–Crippen MR) is 105 cm³/mol. The number of carbonyl (C=O) groups excluding carboxylic acids is 1. The van der Waals surface area contributed by atoms with Gasteiger partial charge in [-0.2, -0.15) is 0 Å². The van der Waals surface area contributed by atoms with E-state index in [2.05, 4.69) is 60.9 Å². The third-order valence-electron chi connectivity index (χ3n) is 5.71. The van der Waals surface area contributed by atoms with Gasteiger partial charge in [0.05, 0.1) is 6.04 Å². The zero-order valence-corrected chi connectivity index (χ0v) is 16.6. The first-order chi connectivity index (χ1) is 12.4. The number of nitrogens with zero attached hydrogens (tertiary/aromatic N) is 1. The summed E-state index contributed by atoms with van der Waals surface area (Å²) in [5.74, 6) is 1.02. The highest BCUT2D eigenvalue weighted by Gasteiger charge is 2.39. The third kappa shape index (κ3) is 4.64. The van der Waals surface area contributed by atoms with Gasteiger partial charge in [0.2, 0.25) is 5.91 Å². The predicted octanol–water partition coefficient (Wildman–Crippen LogP) is 2.47. The smallest absolute Gasteiger partial charge is 0.239 e. The summed E-state index contributed by atoms with van der Waals surface area (Å²) >= 11 is 0. The van der Waals surface area contributed by atoms with Crippen LogP contribution in [0.5, 0.6) is 0 Å². The SMILES string of the molecule is CC1CCCN(CC(C)(C)NC(=O)C2NNC(c3ccccc3)C2C)C1. The van der Waals surface area contributed by atoms with E-state index in [0.717, 1.165) is 25.6 Å². The molecule has 0 saturated carbocycles. The fraction of sp³-hybridized carbons (Fsp3) is 0.667. The number of hydrogen-bond donors (Lipinski definition) is 3. The van der Waals surface area contributed by atoms with E-state index in [-0.39, 0.29) is 29.4 Å². The van der Waals surface area contributed by atoms with Crippen molar-refractivity contribution in [3.8, 4) is 0 Å². The van der Waals surface area contributed by atoms with Crippen LogP contribution >= 0.6 is 0 Å². The van der Waals surface area contributed by atoms with Crippen LogP contribution in [0.25, 0.3) is 0 Å². The third-order valence-corrected chi connectivity index (χ3v) is 5.71. The van der Waals surface area contributed by atoms with Crippen molar-refractivity contribution < 1.29 is 4.79 Å². The van der Waals surface area contributed by atoms with Crippen molar-refractivity contribution in [3.63, 3.8) is 0 Å². The zero-order valence-electron chi connectivity index (χ0n) is 16.6. The van der Waals surface area contributed by atoms with Crippen LogP contribution in [0.15, 0.2) is 30.3 Å². The quantitative estimate of drug-likeness (QED) is 0.757. The maximum Gasteiger partial charge on any atom is 0.239 e. The number of likely N-dealkylation sites (tertiary alicyclic amines) is 1. The first kappa shape index (κ1) is 19.3. The average molecular weight is 359 g/mol. The van der Waals surface area contributed by atoms with Crippen LogP contribution in [0.2, 0.25) is 0 Å². The van der Waals surface area contributed by atoms with Gasteiger partial charge in [-0.05, 0) is 44.7 Å². The number of nitrogens with one attached hydrogen (secondary N) is 3. The lowest BCUT2D eigenvalue weighted by Gasteiger charge is -2.38. The van der Waals surface area contributed by atoms with Gasteiger partial charge >= 0.3 is 0 Å². The van der Waals surface area contributed by atoms with Crippen LogP contribution in [0.3, 0.4) is 0 Å². The second kappa shape index (κ2) is 8.07. The minimum Gasteiger partial charge on any atom is -0.349 e. The van der Waals surface area contributed by atoms with E-state index in [1.807, 2.05) is 18.2 Å². The van der Waals surface area contributed by atoms with Gasteiger partial charge in [-0.15, -0.1) is 0 Å². The van der Waals surface area contributed by atoms with E-state index in [1.165, 1.54) is 18.4 Å². The minimum atomic E-state index is -0.236. The van der Waals surface area contributed by atoms with Crippen molar-refractivity contribution in [2.75, 3.05) is 19.6 Å². The molecule has 4 unspecified atom stereocenters. The summed E-state index contributed by atoms with van der Waals surface area (Å²) in [6.07, 6.45) is 2.58. The number of hydrazine groups is 1. The first-order valence-corrected chi connectivity index (χ1v) is 9.96. The van der Waals surface area contributed by atoms with Gasteiger partial charge in [-0.1, -0.05) is 44.2 Å². The maximum absolute atomic E-state index is 12.9. The maximum atomic E-state index is 12.9. The fourth-order valence-corrected chi connectivity index (χ4v) is 4.43. The Labute approximate surface area is 157 Å². The van der Waals surface area contributed by atoms with Crippen molar-refractivity contribution in [1.29, 1.82) is 0 Å². The average Bonchev–Trinajstić information content (AvgIpc) is 2.96. The Hall–Kier alpha value is -1.43. The minimum absolute atomic E-state index is 0.0819. The van der Waals surface area contributed by atoms with Crippen LogP contribution in [0.1, 0.15) is 52.1 Å². The normalized spacial score (nSPS) is 30.3. The molecule has 5 heteroatoms. The van der Waals surface area contributed by atoms with Crippen molar-refractivity contribution in [2.45, 2.75) is 58.2 Å². The van der Waals surface area contributed by atoms with E-state index in [0.29, 0.717) is 0 Å². The van der Waals surface area contributed by atoms with Crippen LogP contribution in [-0.2, 0) is 4.79 Å². The number of carbonyl (C=O) groups is 1. The fourth-order valence-electron chi connectivity index (χ4n) is 4.43. The molecular weight excluding hydrogens is 324 g/mol. The highest BCUT2D eigenvalue weighted by molar-refractivity contribution is 5.83. The highest BCUT2D eigenvalue weighted by Crippen LogP contribution is 2.28. The molecule has 2 aliphatic heterocycles.